The first-order chi connectivity index (χ1) is 13.7. The number of halogens is 2. The van der Waals surface area contributed by atoms with E-state index in [0.717, 1.165) is 17.5 Å². The summed E-state index contributed by atoms with van der Waals surface area (Å²) < 4.78 is 39.7. The van der Waals surface area contributed by atoms with Crippen LogP contribution < -0.4 is 10.6 Å². The van der Waals surface area contributed by atoms with Gasteiger partial charge in [0.2, 0.25) is 5.95 Å². The number of anilines is 1. The van der Waals surface area contributed by atoms with E-state index in [4.69, 9.17) is 17.3 Å². The fourth-order valence-corrected chi connectivity index (χ4v) is 4.27. The van der Waals surface area contributed by atoms with Gasteiger partial charge in [0.05, 0.1) is 39.2 Å². The van der Waals surface area contributed by atoms with Gasteiger partial charge in [-0.1, -0.05) is 11.6 Å². The molecule has 3 aromatic rings. The summed E-state index contributed by atoms with van der Waals surface area (Å²) in [7, 11) is -3.36. The summed E-state index contributed by atoms with van der Waals surface area (Å²) in [6.45, 7) is 1.22. The van der Waals surface area contributed by atoms with Gasteiger partial charge in [0, 0.05) is 25.5 Å². The number of nitrogens with two attached hydrogens (primary N) is 1. The molecule has 1 aliphatic rings. The van der Waals surface area contributed by atoms with Gasteiger partial charge in [0.15, 0.2) is 9.84 Å². The van der Waals surface area contributed by atoms with Crippen LogP contribution in [0.4, 0.5) is 10.3 Å². The number of aromatic nitrogens is 3. The van der Waals surface area contributed by atoms with Crippen molar-refractivity contribution < 1.29 is 12.8 Å². The van der Waals surface area contributed by atoms with Gasteiger partial charge in [-0.05, 0) is 36.8 Å². The number of benzene rings is 1. The monoisotopic (exact) mass is 437 g/mol. The lowest BCUT2D eigenvalue weighted by molar-refractivity contribution is 0.243. The first-order valence-electron chi connectivity index (χ1n) is 9.18. The zero-order valence-electron chi connectivity index (χ0n) is 15.8. The number of hydrogen-bond donors (Lipinski definition) is 1. The van der Waals surface area contributed by atoms with E-state index in [1.54, 1.807) is 30.5 Å². The Morgan fingerprint density at radius 3 is 2.76 bits per heavy atom. The van der Waals surface area contributed by atoms with Crippen LogP contribution in [0.2, 0.25) is 5.02 Å². The Morgan fingerprint density at radius 2 is 2.10 bits per heavy atom. The molecule has 4 rings (SSSR count). The molecule has 0 radical (unpaired) electrons. The van der Waals surface area contributed by atoms with Crippen molar-refractivity contribution in [3.63, 3.8) is 0 Å². The zero-order valence-corrected chi connectivity index (χ0v) is 17.4. The van der Waals surface area contributed by atoms with Crippen molar-refractivity contribution in [2.75, 3.05) is 24.2 Å². The highest BCUT2D eigenvalue weighted by Crippen LogP contribution is 2.28. The summed E-state index contributed by atoms with van der Waals surface area (Å²) in [4.78, 5) is 11.2. The largest absolute Gasteiger partial charge is 0.340 e. The second kappa shape index (κ2) is 7.55. The highest BCUT2D eigenvalue weighted by Gasteiger charge is 2.29. The molecule has 29 heavy (non-hydrogen) atoms. The summed E-state index contributed by atoms with van der Waals surface area (Å²) in [6.07, 6.45) is 2.01. The molecule has 1 saturated heterocycles. The minimum absolute atomic E-state index is 0.199. The summed E-state index contributed by atoms with van der Waals surface area (Å²) >= 11 is 5.94. The fourth-order valence-electron chi connectivity index (χ4n) is 3.52. The smallest absolute Gasteiger partial charge is 0.206 e. The van der Waals surface area contributed by atoms with Crippen LogP contribution in [-0.4, -0.2) is 54.5 Å². The van der Waals surface area contributed by atoms with Crippen LogP contribution in [0, 0.1) is 0 Å². The van der Waals surface area contributed by atoms with Crippen LogP contribution >= 0.6 is 11.6 Å². The molecule has 2 aromatic heterocycles. The minimum atomic E-state index is -3.36. The fraction of sp³-hybridized carbons (Fsp3) is 0.368. The van der Waals surface area contributed by atoms with E-state index in [2.05, 4.69) is 9.97 Å². The van der Waals surface area contributed by atoms with Crippen LogP contribution in [0.3, 0.4) is 0 Å². The molecule has 0 aliphatic carbocycles. The van der Waals surface area contributed by atoms with Crippen LogP contribution in [-0.2, 0) is 16.4 Å². The molecule has 0 amide bonds. The molecule has 1 aromatic carbocycles. The number of nitrogens with zero attached hydrogens (tertiary/aromatic N) is 4. The second-order valence-corrected chi connectivity index (χ2v) is 9.76. The number of imidazole rings is 1. The standard InChI is InChI=1S/C19H21ClFN5O2S/c1-29(27,28)14-4-5-18-17(8-14)24-19(25-7-6-15(21)16(22)11-25)26(18)10-13-3-2-12(20)9-23-13/h2-5,8-9,15-16H,6-7,10-11,22H2,1H3/t15-,16-/m1/s1. The molecule has 7 nitrogen and oxygen atoms in total. The van der Waals surface area contributed by atoms with Crippen LogP contribution in [0.25, 0.3) is 11.0 Å². The third-order valence-electron chi connectivity index (χ3n) is 5.09. The average Bonchev–Trinajstić information content (AvgIpc) is 3.03. The second-order valence-electron chi connectivity index (χ2n) is 7.30. The summed E-state index contributed by atoms with van der Waals surface area (Å²) in [5.74, 6) is 0.616. The molecular weight excluding hydrogens is 417 g/mol. The van der Waals surface area contributed by atoms with Gasteiger partial charge >= 0.3 is 0 Å². The predicted molar refractivity (Wildman–Crippen MR) is 111 cm³/mol. The molecule has 1 fully saturated rings. The van der Waals surface area contributed by atoms with Crippen molar-refractivity contribution in [3.8, 4) is 0 Å². The van der Waals surface area contributed by atoms with Crippen LogP contribution in [0.1, 0.15) is 12.1 Å². The number of fused-ring (bicyclic) bond motifs is 1. The maximum atomic E-state index is 13.9. The molecule has 0 saturated carbocycles. The SMILES string of the molecule is CS(=O)(=O)c1ccc2c(c1)nc(N1CC[C@@H](F)[C@H](N)C1)n2Cc1ccc(Cl)cn1. The molecule has 154 valence electrons. The number of alkyl halides is 1. The Kier molecular flexibility index (Phi) is 5.22. The Labute approximate surface area is 173 Å². The lowest BCUT2D eigenvalue weighted by Gasteiger charge is -2.34. The van der Waals surface area contributed by atoms with E-state index < -0.39 is 22.1 Å². The molecule has 3 heterocycles. The third-order valence-corrected chi connectivity index (χ3v) is 6.42. The van der Waals surface area contributed by atoms with Crippen molar-refractivity contribution in [1.82, 2.24) is 14.5 Å². The molecule has 2 N–H and O–H groups in total. The molecular formula is C19H21ClFN5O2S. The van der Waals surface area contributed by atoms with Gasteiger partial charge < -0.3 is 15.2 Å². The van der Waals surface area contributed by atoms with Crippen molar-refractivity contribution in [2.45, 2.75) is 30.1 Å². The van der Waals surface area contributed by atoms with Crippen molar-refractivity contribution in [3.05, 3.63) is 47.2 Å². The van der Waals surface area contributed by atoms with Gasteiger partial charge in [-0.25, -0.2) is 17.8 Å². The lowest BCUT2D eigenvalue weighted by atomic mass is 10.1. The Hall–Kier alpha value is -2.23. The van der Waals surface area contributed by atoms with Crippen LogP contribution in [0.15, 0.2) is 41.4 Å². The first-order valence-corrected chi connectivity index (χ1v) is 11.4. The number of piperidine rings is 1. The molecule has 10 heteroatoms. The Balaban J connectivity index is 1.81. The third kappa shape index (κ3) is 4.08. The topological polar surface area (TPSA) is 94.1 Å². The molecule has 0 spiro atoms. The molecule has 0 unspecified atom stereocenters. The highest BCUT2D eigenvalue weighted by molar-refractivity contribution is 7.90. The van der Waals surface area contributed by atoms with E-state index in [1.807, 2.05) is 15.5 Å². The number of rotatable bonds is 4. The van der Waals surface area contributed by atoms with Crippen molar-refractivity contribution in [1.29, 1.82) is 0 Å². The number of pyridine rings is 1. The summed E-state index contributed by atoms with van der Waals surface area (Å²) in [5, 5.41) is 0.540. The molecule has 2 atom stereocenters. The van der Waals surface area contributed by atoms with E-state index >= 15 is 0 Å². The van der Waals surface area contributed by atoms with Gasteiger partial charge in [-0.3, -0.25) is 4.98 Å². The normalized spacial score (nSPS) is 20.3. The highest BCUT2D eigenvalue weighted by atomic mass is 35.5. The van der Waals surface area contributed by atoms with Crippen molar-refractivity contribution >= 4 is 38.4 Å². The van der Waals surface area contributed by atoms with Gasteiger partial charge in [-0.2, -0.15) is 0 Å². The summed E-state index contributed by atoms with van der Waals surface area (Å²) in [5.41, 5.74) is 8.02. The number of sulfone groups is 1. The lowest BCUT2D eigenvalue weighted by Crippen LogP contribution is -2.50. The van der Waals surface area contributed by atoms with Gasteiger partial charge in [-0.15, -0.1) is 0 Å². The van der Waals surface area contributed by atoms with E-state index in [-0.39, 0.29) is 4.90 Å². The van der Waals surface area contributed by atoms with Gasteiger partial charge in [0.1, 0.15) is 6.17 Å². The number of hydrogen-bond acceptors (Lipinski definition) is 6. The minimum Gasteiger partial charge on any atom is -0.340 e. The summed E-state index contributed by atoms with van der Waals surface area (Å²) in [6, 6.07) is 7.84. The maximum Gasteiger partial charge on any atom is 0.206 e. The quantitative estimate of drug-likeness (QED) is 0.673. The Morgan fingerprint density at radius 1 is 1.31 bits per heavy atom. The van der Waals surface area contributed by atoms with E-state index in [1.165, 1.54) is 0 Å². The van der Waals surface area contributed by atoms with E-state index in [0.29, 0.717) is 42.5 Å². The zero-order chi connectivity index (χ0) is 20.8. The van der Waals surface area contributed by atoms with E-state index in [9.17, 15) is 12.8 Å². The Bertz CT molecular complexity index is 1150. The first kappa shape index (κ1) is 20.1. The van der Waals surface area contributed by atoms with Gasteiger partial charge in [0.25, 0.3) is 0 Å². The molecule has 1 aliphatic heterocycles. The maximum absolute atomic E-state index is 13.9. The molecule has 0 bridgehead atoms. The average molecular weight is 438 g/mol. The van der Waals surface area contributed by atoms with Crippen LogP contribution in [0.5, 0.6) is 0 Å². The van der Waals surface area contributed by atoms with Crippen molar-refractivity contribution in [2.24, 2.45) is 5.73 Å². The predicted octanol–water partition coefficient (Wildman–Crippen LogP) is 2.41.